The van der Waals surface area contributed by atoms with Crippen molar-refractivity contribution < 1.29 is 4.79 Å². The molecule has 0 saturated carbocycles. The van der Waals surface area contributed by atoms with Crippen LogP contribution in [0.1, 0.15) is 27.0 Å². The SMILES string of the molecule is O=C(N/N=C/c1ccccc1Br)c1ccc(CSCc2ccccc2)cc1. The maximum Gasteiger partial charge on any atom is 0.271 e. The Bertz CT molecular complexity index is 911. The van der Waals surface area contributed by atoms with Crippen molar-refractivity contribution >= 4 is 39.8 Å². The molecule has 5 heteroatoms. The predicted molar refractivity (Wildman–Crippen MR) is 117 cm³/mol. The third kappa shape index (κ3) is 6.08. The van der Waals surface area contributed by atoms with E-state index >= 15 is 0 Å². The van der Waals surface area contributed by atoms with Gasteiger partial charge in [-0.05, 0) is 29.3 Å². The third-order valence-electron chi connectivity index (χ3n) is 3.87. The zero-order valence-electron chi connectivity index (χ0n) is 14.6. The average molecular weight is 439 g/mol. The Labute approximate surface area is 172 Å². The number of halogens is 1. The van der Waals surface area contributed by atoms with Crippen LogP contribution >= 0.6 is 27.7 Å². The van der Waals surface area contributed by atoms with E-state index in [4.69, 9.17) is 0 Å². The van der Waals surface area contributed by atoms with E-state index in [2.05, 4.69) is 50.7 Å². The molecule has 0 bridgehead atoms. The number of nitrogens with one attached hydrogen (secondary N) is 1. The minimum Gasteiger partial charge on any atom is -0.267 e. The normalized spacial score (nSPS) is 10.9. The Hall–Kier alpha value is -2.37. The Morgan fingerprint density at radius 1 is 0.889 bits per heavy atom. The van der Waals surface area contributed by atoms with E-state index in [1.54, 1.807) is 6.21 Å². The van der Waals surface area contributed by atoms with Gasteiger partial charge in [-0.3, -0.25) is 4.79 Å². The van der Waals surface area contributed by atoms with Crippen LogP contribution in [-0.4, -0.2) is 12.1 Å². The number of rotatable bonds is 7. The predicted octanol–water partition coefficient (Wildman–Crippen LogP) is 5.65. The highest BCUT2D eigenvalue weighted by Gasteiger charge is 2.04. The van der Waals surface area contributed by atoms with E-state index in [9.17, 15) is 4.79 Å². The Morgan fingerprint density at radius 3 is 2.22 bits per heavy atom. The van der Waals surface area contributed by atoms with Gasteiger partial charge < -0.3 is 0 Å². The van der Waals surface area contributed by atoms with E-state index in [1.807, 2.05) is 66.4 Å². The summed E-state index contributed by atoms with van der Waals surface area (Å²) < 4.78 is 0.931. The zero-order valence-corrected chi connectivity index (χ0v) is 17.0. The van der Waals surface area contributed by atoms with Crippen LogP contribution in [0.3, 0.4) is 0 Å². The molecule has 27 heavy (non-hydrogen) atoms. The van der Waals surface area contributed by atoms with E-state index in [-0.39, 0.29) is 5.91 Å². The lowest BCUT2D eigenvalue weighted by molar-refractivity contribution is 0.0955. The topological polar surface area (TPSA) is 41.5 Å². The highest BCUT2D eigenvalue weighted by Crippen LogP contribution is 2.18. The zero-order chi connectivity index (χ0) is 18.9. The molecule has 0 aromatic heterocycles. The molecule has 3 aromatic carbocycles. The number of hydrazone groups is 1. The summed E-state index contributed by atoms with van der Waals surface area (Å²) in [6, 6.07) is 25.8. The summed E-state index contributed by atoms with van der Waals surface area (Å²) in [4.78, 5) is 12.2. The highest BCUT2D eigenvalue weighted by atomic mass is 79.9. The number of hydrogen-bond acceptors (Lipinski definition) is 3. The van der Waals surface area contributed by atoms with Gasteiger partial charge in [0, 0.05) is 27.1 Å². The second-order valence-corrected chi connectivity index (χ2v) is 7.74. The van der Waals surface area contributed by atoms with Crippen molar-refractivity contribution in [2.45, 2.75) is 11.5 Å². The number of benzene rings is 3. The van der Waals surface area contributed by atoms with Crippen LogP contribution in [0.2, 0.25) is 0 Å². The minimum absolute atomic E-state index is 0.221. The molecule has 3 aromatic rings. The molecule has 1 amide bonds. The van der Waals surface area contributed by atoms with Crippen LogP contribution in [0.25, 0.3) is 0 Å². The summed E-state index contributed by atoms with van der Waals surface area (Å²) in [7, 11) is 0. The van der Waals surface area contributed by atoms with Crippen LogP contribution in [0.15, 0.2) is 88.4 Å². The van der Waals surface area contributed by atoms with Gasteiger partial charge in [0.25, 0.3) is 5.91 Å². The van der Waals surface area contributed by atoms with Gasteiger partial charge in [-0.2, -0.15) is 16.9 Å². The van der Waals surface area contributed by atoms with Crippen LogP contribution in [-0.2, 0) is 11.5 Å². The first-order chi connectivity index (χ1) is 13.2. The number of carbonyl (C=O) groups excluding carboxylic acids is 1. The van der Waals surface area contributed by atoms with Crippen molar-refractivity contribution in [1.82, 2.24) is 5.43 Å². The fourth-order valence-corrected chi connectivity index (χ4v) is 3.76. The summed E-state index contributed by atoms with van der Waals surface area (Å²) >= 11 is 5.30. The molecule has 0 aliphatic heterocycles. The molecule has 0 atom stereocenters. The molecule has 0 saturated heterocycles. The fourth-order valence-electron chi connectivity index (χ4n) is 2.42. The van der Waals surface area contributed by atoms with Gasteiger partial charge in [-0.25, -0.2) is 5.43 Å². The first-order valence-electron chi connectivity index (χ1n) is 8.51. The van der Waals surface area contributed by atoms with Crippen molar-refractivity contribution in [2.24, 2.45) is 5.10 Å². The Kier molecular flexibility index (Phi) is 7.25. The smallest absolute Gasteiger partial charge is 0.267 e. The van der Waals surface area contributed by atoms with Crippen LogP contribution in [0.5, 0.6) is 0 Å². The number of amides is 1. The van der Waals surface area contributed by atoms with Gasteiger partial charge >= 0.3 is 0 Å². The van der Waals surface area contributed by atoms with Crippen LogP contribution in [0.4, 0.5) is 0 Å². The summed E-state index contributed by atoms with van der Waals surface area (Å²) in [5.74, 6) is 1.67. The molecule has 0 aliphatic rings. The third-order valence-corrected chi connectivity index (χ3v) is 5.67. The number of hydrogen-bond donors (Lipinski definition) is 1. The summed E-state index contributed by atoms with van der Waals surface area (Å²) in [6.45, 7) is 0. The Morgan fingerprint density at radius 2 is 1.52 bits per heavy atom. The molecule has 0 heterocycles. The van der Waals surface area contributed by atoms with Gasteiger partial charge in [-0.1, -0.05) is 76.6 Å². The molecule has 0 aliphatic carbocycles. The van der Waals surface area contributed by atoms with E-state index < -0.39 is 0 Å². The molecular formula is C22H19BrN2OS. The van der Waals surface area contributed by atoms with Crippen molar-refractivity contribution in [1.29, 1.82) is 0 Å². The minimum atomic E-state index is -0.221. The maximum absolute atomic E-state index is 12.2. The van der Waals surface area contributed by atoms with Crippen LogP contribution in [0, 0.1) is 0 Å². The Balaban J connectivity index is 1.49. The molecule has 0 radical (unpaired) electrons. The number of carbonyl (C=O) groups is 1. The lowest BCUT2D eigenvalue weighted by Crippen LogP contribution is -2.17. The number of thioether (sulfide) groups is 1. The lowest BCUT2D eigenvalue weighted by Gasteiger charge is -2.04. The van der Waals surface area contributed by atoms with Gasteiger partial charge in [0.1, 0.15) is 0 Å². The van der Waals surface area contributed by atoms with Gasteiger partial charge in [0.05, 0.1) is 6.21 Å². The molecule has 0 spiro atoms. The van der Waals surface area contributed by atoms with Crippen LogP contribution < -0.4 is 5.43 Å². The molecule has 0 unspecified atom stereocenters. The molecule has 1 N–H and O–H groups in total. The molecule has 136 valence electrons. The van der Waals surface area contributed by atoms with Crippen molar-refractivity contribution in [3.05, 3.63) is 106 Å². The van der Waals surface area contributed by atoms with Crippen molar-refractivity contribution in [2.75, 3.05) is 0 Å². The average Bonchev–Trinajstić information content (AvgIpc) is 2.71. The summed E-state index contributed by atoms with van der Waals surface area (Å²) in [6.07, 6.45) is 1.62. The molecule has 0 fully saturated rings. The van der Waals surface area contributed by atoms with Gasteiger partial charge in [-0.15, -0.1) is 0 Å². The lowest BCUT2D eigenvalue weighted by atomic mass is 10.1. The van der Waals surface area contributed by atoms with Gasteiger partial charge in [0.2, 0.25) is 0 Å². The second-order valence-electron chi connectivity index (χ2n) is 5.90. The van der Waals surface area contributed by atoms with Crippen molar-refractivity contribution in [3.63, 3.8) is 0 Å². The largest absolute Gasteiger partial charge is 0.271 e. The van der Waals surface area contributed by atoms with E-state index in [0.717, 1.165) is 21.5 Å². The number of nitrogens with zero attached hydrogens (tertiary/aromatic N) is 1. The van der Waals surface area contributed by atoms with Crippen molar-refractivity contribution in [3.8, 4) is 0 Å². The maximum atomic E-state index is 12.2. The van der Waals surface area contributed by atoms with E-state index in [0.29, 0.717) is 5.56 Å². The quantitative estimate of drug-likeness (QED) is 0.382. The second kappa shape index (κ2) is 10.1. The highest BCUT2D eigenvalue weighted by molar-refractivity contribution is 9.10. The molecule has 3 nitrogen and oxygen atoms in total. The molecular weight excluding hydrogens is 420 g/mol. The monoisotopic (exact) mass is 438 g/mol. The fraction of sp³-hybridized carbons (Fsp3) is 0.0909. The first kappa shape index (κ1) is 19.4. The summed E-state index contributed by atoms with van der Waals surface area (Å²) in [5, 5.41) is 4.03. The first-order valence-corrected chi connectivity index (χ1v) is 10.5. The van der Waals surface area contributed by atoms with E-state index in [1.165, 1.54) is 11.1 Å². The standard InChI is InChI=1S/C22H19BrN2OS/c23-21-9-5-4-8-20(21)14-24-25-22(26)19-12-10-18(11-13-19)16-27-15-17-6-2-1-3-7-17/h1-14H,15-16H2,(H,25,26)/b24-14+. The van der Waals surface area contributed by atoms with Gasteiger partial charge in [0.15, 0.2) is 0 Å². The summed E-state index contributed by atoms with van der Waals surface area (Å²) in [5.41, 5.74) is 6.58. The molecule has 3 rings (SSSR count).